The minimum atomic E-state index is -0.811. The summed E-state index contributed by atoms with van der Waals surface area (Å²) in [5.41, 5.74) is 4.15. The molecule has 4 nitrogen and oxygen atoms in total. The van der Waals surface area contributed by atoms with Crippen LogP contribution in [0.5, 0.6) is 0 Å². The SMILES string of the molecule is COCC(C)NCc1ccc(-c2cccc(CC(=O)O)c2)cc1. The lowest BCUT2D eigenvalue weighted by atomic mass is 10.0. The molecule has 0 heterocycles. The van der Waals surface area contributed by atoms with Gasteiger partial charge in [0.05, 0.1) is 13.0 Å². The Morgan fingerprint density at radius 1 is 1.13 bits per heavy atom. The van der Waals surface area contributed by atoms with Crippen molar-refractivity contribution in [3.8, 4) is 11.1 Å². The van der Waals surface area contributed by atoms with Crippen molar-refractivity contribution in [2.45, 2.75) is 25.9 Å². The highest BCUT2D eigenvalue weighted by molar-refractivity contribution is 5.72. The fourth-order valence-electron chi connectivity index (χ4n) is 2.45. The standard InChI is InChI=1S/C19H23NO3/c1-14(13-23-2)20-12-15-6-8-17(9-7-15)18-5-3-4-16(10-18)11-19(21)22/h3-10,14,20H,11-13H2,1-2H3,(H,21,22). The van der Waals surface area contributed by atoms with Gasteiger partial charge in [-0.15, -0.1) is 0 Å². The van der Waals surface area contributed by atoms with Crippen LogP contribution in [-0.4, -0.2) is 30.8 Å². The Labute approximate surface area is 137 Å². The molecule has 4 heteroatoms. The number of rotatable bonds is 8. The van der Waals surface area contributed by atoms with Crippen molar-refractivity contribution < 1.29 is 14.6 Å². The van der Waals surface area contributed by atoms with Gasteiger partial charge in [-0.25, -0.2) is 0 Å². The first kappa shape index (κ1) is 17.2. The number of hydrogen-bond acceptors (Lipinski definition) is 3. The molecule has 0 aliphatic heterocycles. The molecule has 2 aromatic carbocycles. The van der Waals surface area contributed by atoms with E-state index in [4.69, 9.17) is 9.84 Å². The van der Waals surface area contributed by atoms with Crippen LogP contribution in [0.15, 0.2) is 48.5 Å². The smallest absolute Gasteiger partial charge is 0.307 e. The van der Waals surface area contributed by atoms with Crippen molar-refractivity contribution >= 4 is 5.97 Å². The molecule has 0 bridgehead atoms. The Morgan fingerprint density at radius 3 is 2.52 bits per heavy atom. The molecule has 23 heavy (non-hydrogen) atoms. The number of ether oxygens (including phenoxy) is 1. The van der Waals surface area contributed by atoms with Crippen LogP contribution in [0.2, 0.25) is 0 Å². The number of nitrogens with one attached hydrogen (secondary N) is 1. The highest BCUT2D eigenvalue weighted by Crippen LogP contribution is 2.21. The maximum Gasteiger partial charge on any atom is 0.307 e. The predicted octanol–water partition coefficient (Wildman–Crippen LogP) is 3.11. The van der Waals surface area contributed by atoms with E-state index in [1.54, 1.807) is 7.11 Å². The van der Waals surface area contributed by atoms with Crippen molar-refractivity contribution in [3.05, 3.63) is 59.7 Å². The first-order chi connectivity index (χ1) is 11.1. The van der Waals surface area contributed by atoms with E-state index in [2.05, 4.69) is 36.5 Å². The average molecular weight is 313 g/mol. The summed E-state index contributed by atoms with van der Waals surface area (Å²) in [4.78, 5) is 10.8. The Kier molecular flexibility index (Phi) is 6.32. The first-order valence-corrected chi connectivity index (χ1v) is 7.71. The summed E-state index contributed by atoms with van der Waals surface area (Å²) in [6.45, 7) is 3.57. The number of carboxylic acid groups (broad SMARTS) is 1. The molecule has 1 atom stereocenters. The van der Waals surface area contributed by atoms with Crippen LogP contribution in [0, 0.1) is 0 Å². The van der Waals surface area contributed by atoms with E-state index >= 15 is 0 Å². The van der Waals surface area contributed by atoms with Gasteiger partial charge in [-0.1, -0.05) is 48.5 Å². The molecular weight excluding hydrogens is 290 g/mol. The maximum absolute atomic E-state index is 10.8. The highest BCUT2D eigenvalue weighted by Gasteiger charge is 2.04. The zero-order valence-electron chi connectivity index (χ0n) is 13.6. The number of hydrogen-bond donors (Lipinski definition) is 2. The Bertz CT molecular complexity index is 637. The van der Waals surface area contributed by atoms with Crippen LogP contribution in [0.25, 0.3) is 11.1 Å². The van der Waals surface area contributed by atoms with Gasteiger partial charge in [-0.05, 0) is 29.2 Å². The number of carboxylic acids is 1. The van der Waals surface area contributed by atoms with Crippen LogP contribution in [0.1, 0.15) is 18.1 Å². The van der Waals surface area contributed by atoms with Gasteiger partial charge in [0.1, 0.15) is 0 Å². The van der Waals surface area contributed by atoms with Gasteiger partial charge in [-0.3, -0.25) is 4.79 Å². The topological polar surface area (TPSA) is 58.6 Å². The van der Waals surface area contributed by atoms with Gasteiger partial charge < -0.3 is 15.2 Å². The molecule has 0 spiro atoms. The van der Waals surface area contributed by atoms with Gasteiger partial charge >= 0.3 is 5.97 Å². The van der Waals surface area contributed by atoms with Crippen LogP contribution in [0.3, 0.4) is 0 Å². The second kappa shape index (κ2) is 8.46. The molecule has 2 aromatic rings. The quantitative estimate of drug-likeness (QED) is 0.786. The van der Waals surface area contributed by atoms with Crippen LogP contribution < -0.4 is 5.32 Å². The molecule has 0 saturated carbocycles. The lowest BCUT2D eigenvalue weighted by Crippen LogP contribution is -2.29. The molecule has 0 aliphatic rings. The third kappa shape index (κ3) is 5.51. The summed E-state index contributed by atoms with van der Waals surface area (Å²) in [6.07, 6.45) is 0.0488. The summed E-state index contributed by atoms with van der Waals surface area (Å²) < 4.78 is 5.10. The van der Waals surface area contributed by atoms with Gasteiger partial charge in [-0.2, -0.15) is 0 Å². The molecule has 1 unspecified atom stereocenters. The monoisotopic (exact) mass is 313 g/mol. The summed E-state index contributed by atoms with van der Waals surface area (Å²) in [7, 11) is 1.70. The van der Waals surface area contributed by atoms with E-state index in [1.165, 1.54) is 5.56 Å². The number of benzene rings is 2. The molecular formula is C19H23NO3. The fraction of sp³-hybridized carbons (Fsp3) is 0.316. The number of carbonyl (C=O) groups is 1. The van der Waals surface area contributed by atoms with Crippen molar-refractivity contribution in [1.82, 2.24) is 5.32 Å². The van der Waals surface area contributed by atoms with E-state index < -0.39 is 5.97 Å². The lowest BCUT2D eigenvalue weighted by molar-refractivity contribution is -0.136. The van der Waals surface area contributed by atoms with Crippen molar-refractivity contribution in [1.29, 1.82) is 0 Å². The normalized spacial score (nSPS) is 12.1. The maximum atomic E-state index is 10.8. The predicted molar refractivity (Wildman–Crippen MR) is 91.4 cm³/mol. The molecule has 0 aromatic heterocycles. The highest BCUT2D eigenvalue weighted by atomic mass is 16.5. The van der Waals surface area contributed by atoms with E-state index in [0.717, 1.165) is 23.2 Å². The van der Waals surface area contributed by atoms with Crippen molar-refractivity contribution in [2.75, 3.05) is 13.7 Å². The van der Waals surface area contributed by atoms with E-state index in [9.17, 15) is 4.79 Å². The third-order valence-corrected chi connectivity index (χ3v) is 3.64. The second-order valence-electron chi connectivity index (χ2n) is 5.71. The summed E-state index contributed by atoms with van der Waals surface area (Å²) in [5, 5.41) is 12.3. The minimum Gasteiger partial charge on any atom is -0.481 e. The molecule has 0 saturated heterocycles. The zero-order valence-corrected chi connectivity index (χ0v) is 13.6. The van der Waals surface area contributed by atoms with E-state index in [1.807, 2.05) is 24.3 Å². The van der Waals surface area contributed by atoms with Crippen LogP contribution >= 0.6 is 0 Å². The van der Waals surface area contributed by atoms with Gasteiger partial charge in [0.25, 0.3) is 0 Å². The Balaban J connectivity index is 2.03. The number of aliphatic carboxylic acids is 1. The molecule has 0 fully saturated rings. The number of methoxy groups -OCH3 is 1. The molecule has 2 rings (SSSR count). The van der Waals surface area contributed by atoms with Crippen molar-refractivity contribution in [3.63, 3.8) is 0 Å². The molecule has 0 radical (unpaired) electrons. The summed E-state index contributed by atoms with van der Waals surface area (Å²) in [5.74, 6) is -0.811. The second-order valence-corrected chi connectivity index (χ2v) is 5.71. The average Bonchev–Trinajstić information content (AvgIpc) is 2.53. The molecule has 0 amide bonds. The molecule has 122 valence electrons. The summed E-state index contributed by atoms with van der Waals surface area (Å²) in [6, 6.07) is 16.3. The van der Waals surface area contributed by atoms with E-state index in [0.29, 0.717) is 12.6 Å². The molecule has 0 aliphatic carbocycles. The van der Waals surface area contributed by atoms with Gasteiger partial charge in [0.15, 0.2) is 0 Å². The Hall–Kier alpha value is -2.17. The molecule has 2 N–H and O–H groups in total. The van der Waals surface area contributed by atoms with Crippen LogP contribution in [-0.2, 0) is 22.5 Å². The van der Waals surface area contributed by atoms with E-state index in [-0.39, 0.29) is 6.42 Å². The zero-order chi connectivity index (χ0) is 16.7. The Morgan fingerprint density at radius 2 is 1.87 bits per heavy atom. The lowest BCUT2D eigenvalue weighted by Gasteiger charge is -2.13. The van der Waals surface area contributed by atoms with Gasteiger partial charge in [0, 0.05) is 19.7 Å². The summed E-state index contributed by atoms with van der Waals surface area (Å²) >= 11 is 0. The van der Waals surface area contributed by atoms with Gasteiger partial charge in [0.2, 0.25) is 0 Å². The first-order valence-electron chi connectivity index (χ1n) is 7.71. The third-order valence-electron chi connectivity index (χ3n) is 3.64. The van der Waals surface area contributed by atoms with Crippen molar-refractivity contribution in [2.24, 2.45) is 0 Å². The fourth-order valence-corrected chi connectivity index (χ4v) is 2.45. The largest absolute Gasteiger partial charge is 0.481 e. The van der Waals surface area contributed by atoms with Crippen LogP contribution in [0.4, 0.5) is 0 Å². The minimum absolute atomic E-state index is 0.0488.